The molecule has 0 bridgehead atoms. The van der Waals surface area contributed by atoms with Crippen LogP contribution in [0.5, 0.6) is 0 Å². The first kappa shape index (κ1) is 11.5. The molecule has 0 atom stereocenters. The van der Waals surface area contributed by atoms with E-state index in [0.717, 1.165) is 48.3 Å². The highest BCUT2D eigenvalue weighted by Crippen LogP contribution is 2.24. The molecule has 0 aliphatic carbocycles. The molecule has 0 spiro atoms. The van der Waals surface area contributed by atoms with E-state index >= 15 is 0 Å². The lowest BCUT2D eigenvalue weighted by atomic mass is 10.1. The predicted molar refractivity (Wildman–Crippen MR) is 69.4 cm³/mol. The molecule has 0 amide bonds. The molecule has 1 aliphatic rings. The molecule has 1 aliphatic heterocycles. The molecule has 18 heavy (non-hydrogen) atoms. The Labute approximate surface area is 109 Å². The Morgan fingerprint density at radius 2 is 2.17 bits per heavy atom. The molecule has 0 unspecified atom stereocenters. The molecule has 1 fully saturated rings. The molecule has 0 radical (unpaired) electrons. The second-order valence-corrected chi connectivity index (χ2v) is 5.25. The molecular formula is C10H15N7S. The highest BCUT2D eigenvalue weighted by molar-refractivity contribution is 7.09. The Hall–Kier alpha value is -1.54. The van der Waals surface area contributed by atoms with Crippen LogP contribution >= 0.6 is 11.5 Å². The van der Waals surface area contributed by atoms with Gasteiger partial charge in [-0.3, -0.25) is 5.10 Å². The molecule has 3 rings (SSSR count). The fourth-order valence-corrected chi connectivity index (χ4v) is 2.64. The fraction of sp³-hybridized carbons (Fsp3) is 0.600. The second-order valence-electron chi connectivity index (χ2n) is 4.50. The topological polar surface area (TPSA) is 96.6 Å². The number of aromatic nitrogens is 5. The van der Waals surface area contributed by atoms with Gasteiger partial charge in [0.25, 0.3) is 0 Å². The van der Waals surface area contributed by atoms with Gasteiger partial charge in [0.05, 0.1) is 5.69 Å². The van der Waals surface area contributed by atoms with Gasteiger partial charge in [-0.2, -0.15) is 4.98 Å². The molecule has 2 aromatic heterocycles. The van der Waals surface area contributed by atoms with E-state index in [4.69, 9.17) is 5.73 Å². The number of H-pyrrole nitrogens is 1. The van der Waals surface area contributed by atoms with Gasteiger partial charge in [-0.15, -0.1) is 10.2 Å². The number of aromatic amines is 1. The van der Waals surface area contributed by atoms with Crippen LogP contribution in [0.15, 0.2) is 0 Å². The summed E-state index contributed by atoms with van der Waals surface area (Å²) in [4.78, 5) is 7.62. The lowest BCUT2D eigenvalue weighted by Crippen LogP contribution is -2.40. The summed E-state index contributed by atoms with van der Waals surface area (Å²) in [6, 6.07) is 0.313. The molecule has 0 saturated carbocycles. The molecule has 3 heterocycles. The average Bonchev–Trinajstić information content (AvgIpc) is 2.98. The third-order valence-electron chi connectivity index (χ3n) is 3.16. The van der Waals surface area contributed by atoms with Gasteiger partial charge >= 0.3 is 0 Å². The minimum Gasteiger partial charge on any atom is -0.339 e. The molecule has 2 aromatic rings. The van der Waals surface area contributed by atoms with Crippen molar-refractivity contribution in [3.63, 3.8) is 0 Å². The lowest BCUT2D eigenvalue weighted by molar-refractivity contribution is 0.496. The molecule has 1 saturated heterocycles. The molecule has 96 valence electrons. The van der Waals surface area contributed by atoms with E-state index < -0.39 is 0 Å². The summed E-state index contributed by atoms with van der Waals surface area (Å²) in [6.07, 6.45) is 1.98. The van der Waals surface area contributed by atoms with Crippen LogP contribution < -0.4 is 10.6 Å². The maximum absolute atomic E-state index is 5.89. The minimum atomic E-state index is 0.313. The van der Waals surface area contributed by atoms with Gasteiger partial charge in [0, 0.05) is 19.1 Å². The monoisotopic (exact) mass is 265 g/mol. The zero-order valence-electron chi connectivity index (χ0n) is 10.1. The van der Waals surface area contributed by atoms with Crippen molar-refractivity contribution < 1.29 is 0 Å². The van der Waals surface area contributed by atoms with Gasteiger partial charge in [0.1, 0.15) is 4.88 Å². The van der Waals surface area contributed by atoms with Crippen LogP contribution in [-0.2, 0) is 0 Å². The summed E-state index contributed by atoms with van der Waals surface area (Å²) in [5.41, 5.74) is 6.77. The van der Waals surface area contributed by atoms with Crippen LogP contribution in [-0.4, -0.2) is 43.9 Å². The number of nitrogens with zero attached hydrogens (tertiary/aromatic N) is 5. The first-order valence-corrected chi connectivity index (χ1v) is 6.73. The fourth-order valence-electron chi connectivity index (χ4n) is 2.04. The quantitative estimate of drug-likeness (QED) is 0.823. The zero-order chi connectivity index (χ0) is 12.5. The Morgan fingerprint density at radius 1 is 1.39 bits per heavy atom. The molecule has 3 N–H and O–H groups in total. The Morgan fingerprint density at radius 3 is 2.83 bits per heavy atom. The maximum Gasteiger partial charge on any atom is 0.245 e. The molecule has 8 heteroatoms. The number of rotatable bonds is 2. The van der Waals surface area contributed by atoms with Gasteiger partial charge in [-0.05, 0) is 31.3 Å². The van der Waals surface area contributed by atoms with Gasteiger partial charge < -0.3 is 10.6 Å². The summed E-state index contributed by atoms with van der Waals surface area (Å²) in [7, 11) is 0. The van der Waals surface area contributed by atoms with Crippen LogP contribution in [0.1, 0.15) is 18.5 Å². The van der Waals surface area contributed by atoms with E-state index in [-0.39, 0.29) is 0 Å². The van der Waals surface area contributed by atoms with E-state index in [2.05, 4.69) is 29.7 Å². The predicted octanol–water partition coefficient (Wildman–Crippen LogP) is 0.559. The normalized spacial score (nSPS) is 17.3. The van der Waals surface area contributed by atoms with Crippen molar-refractivity contribution in [2.75, 3.05) is 18.0 Å². The van der Waals surface area contributed by atoms with Gasteiger partial charge in [-0.1, -0.05) is 4.49 Å². The van der Waals surface area contributed by atoms with Gasteiger partial charge in [0.15, 0.2) is 5.82 Å². The Balaban J connectivity index is 1.80. The third-order valence-corrected chi connectivity index (χ3v) is 4.00. The van der Waals surface area contributed by atoms with Gasteiger partial charge in [-0.25, -0.2) is 0 Å². The number of nitrogens with one attached hydrogen (secondary N) is 1. The van der Waals surface area contributed by atoms with Crippen LogP contribution in [0, 0.1) is 6.92 Å². The van der Waals surface area contributed by atoms with Crippen molar-refractivity contribution in [3.05, 3.63) is 5.69 Å². The van der Waals surface area contributed by atoms with E-state index in [1.165, 1.54) is 11.5 Å². The van der Waals surface area contributed by atoms with E-state index in [0.29, 0.717) is 6.04 Å². The number of hydrogen-bond acceptors (Lipinski definition) is 7. The van der Waals surface area contributed by atoms with Crippen LogP contribution in [0.4, 0.5) is 5.95 Å². The summed E-state index contributed by atoms with van der Waals surface area (Å²) < 4.78 is 3.90. The maximum atomic E-state index is 5.89. The smallest absolute Gasteiger partial charge is 0.245 e. The van der Waals surface area contributed by atoms with Crippen LogP contribution in [0.3, 0.4) is 0 Å². The van der Waals surface area contributed by atoms with Crippen molar-refractivity contribution in [1.29, 1.82) is 0 Å². The zero-order valence-corrected chi connectivity index (χ0v) is 10.9. The SMILES string of the molecule is Cc1nnsc1-c1nc(N2CCC(N)CC2)n[nH]1. The second kappa shape index (κ2) is 4.62. The number of nitrogens with two attached hydrogens (primary N) is 1. The van der Waals surface area contributed by atoms with Crippen LogP contribution in [0.2, 0.25) is 0 Å². The molecule has 7 nitrogen and oxygen atoms in total. The summed E-state index contributed by atoms with van der Waals surface area (Å²) in [6.45, 7) is 3.75. The van der Waals surface area contributed by atoms with Crippen molar-refractivity contribution in [3.8, 4) is 10.7 Å². The number of piperidine rings is 1. The van der Waals surface area contributed by atoms with Crippen molar-refractivity contribution in [2.24, 2.45) is 5.73 Å². The van der Waals surface area contributed by atoms with Crippen molar-refractivity contribution in [2.45, 2.75) is 25.8 Å². The number of anilines is 1. The standard InChI is InChI=1S/C10H15N7S/c1-6-8(18-16-13-6)9-12-10(15-14-9)17-4-2-7(11)3-5-17/h7H,2-5,11H2,1H3,(H,12,14,15). The van der Waals surface area contributed by atoms with Crippen LogP contribution in [0.25, 0.3) is 10.7 Å². The first-order chi connectivity index (χ1) is 8.74. The van der Waals surface area contributed by atoms with Crippen molar-refractivity contribution in [1.82, 2.24) is 24.8 Å². The average molecular weight is 265 g/mol. The summed E-state index contributed by atoms with van der Waals surface area (Å²) in [5.74, 6) is 1.48. The third kappa shape index (κ3) is 2.08. The van der Waals surface area contributed by atoms with Gasteiger partial charge in [0.2, 0.25) is 5.95 Å². The number of hydrogen-bond donors (Lipinski definition) is 2. The minimum absolute atomic E-state index is 0.313. The molecular weight excluding hydrogens is 250 g/mol. The van der Waals surface area contributed by atoms with E-state index in [1.807, 2.05) is 6.92 Å². The number of aryl methyl sites for hydroxylation is 1. The summed E-state index contributed by atoms with van der Waals surface area (Å²) in [5, 5.41) is 11.2. The largest absolute Gasteiger partial charge is 0.339 e. The Kier molecular flexibility index (Phi) is 2.96. The lowest BCUT2D eigenvalue weighted by Gasteiger charge is -2.28. The Bertz CT molecular complexity index is 526. The summed E-state index contributed by atoms with van der Waals surface area (Å²) >= 11 is 1.33. The highest BCUT2D eigenvalue weighted by atomic mass is 32.1. The highest BCUT2D eigenvalue weighted by Gasteiger charge is 2.20. The van der Waals surface area contributed by atoms with E-state index in [9.17, 15) is 0 Å². The molecule has 0 aromatic carbocycles. The van der Waals surface area contributed by atoms with E-state index in [1.54, 1.807) is 0 Å². The first-order valence-electron chi connectivity index (χ1n) is 5.96. The van der Waals surface area contributed by atoms with Crippen molar-refractivity contribution >= 4 is 17.5 Å².